The lowest BCUT2D eigenvalue weighted by Crippen LogP contribution is -2.07. The molecule has 1 aliphatic rings. The third kappa shape index (κ3) is 3.32. The van der Waals surface area contributed by atoms with E-state index in [9.17, 15) is 14.0 Å². The van der Waals surface area contributed by atoms with Gasteiger partial charge in [-0.15, -0.1) is 0 Å². The molecule has 0 amide bonds. The Morgan fingerprint density at radius 3 is 2.96 bits per heavy atom. The highest BCUT2D eigenvalue weighted by Gasteiger charge is 2.24. The van der Waals surface area contributed by atoms with Gasteiger partial charge in [0.25, 0.3) is 12.3 Å². The van der Waals surface area contributed by atoms with Gasteiger partial charge in [-0.2, -0.15) is 10.2 Å². The summed E-state index contributed by atoms with van der Waals surface area (Å²) in [5.41, 5.74) is 9.83. The van der Waals surface area contributed by atoms with E-state index in [-0.39, 0.29) is 23.2 Å². The smallest absolute Gasteiger partial charge is 0.272 e. The fourth-order valence-electron chi connectivity index (χ4n) is 3.38. The first-order valence-electron chi connectivity index (χ1n) is 8.73. The zero-order chi connectivity index (χ0) is 19.7. The first-order chi connectivity index (χ1) is 13.6. The third-order valence-corrected chi connectivity index (χ3v) is 4.70. The summed E-state index contributed by atoms with van der Waals surface area (Å²) in [6, 6.07) is 12.3. The number of aromatic nitrogens is 2. The molecule has 1 aromatic heterocycles. The Labute approximate surface area is 159 Å². The first-order valence-corrected chi connectivity index (χ1v) is 8.73. The van der Waals surface area contributed by atoms with E-state index in [4.69, 9.17) is 15.0 Å². The maximum absolute atomic E-state index is 12.3. The molecule has 142 valence electrons. The fraction of sp³-hybridized carbons (Fsp3) is 0.250. The normalized spacial score (nSPS) is 15.5. The number of alkyl halides is 2. The molecule has 0 bridgehead atoms. The van der Waals surface area contributed by atoms with E-state index in [0.717, 1.165) is 29.5 Å². The molecule has 0 saturated carbocycles. The number of rotatable bonds is 5. The minimum absolute atomic E-state index is 0.0142. The summed E-state index contributed by atoms with van der Waals surface area (Å²) in [6.07, 6.45) is -0.890. The minimum Gasteiger partial charge on any atom is -0.486 e. The molecule has 0 aliphatic heterocycles. The second-order valence-electron chi connectivity index (χ2n) is 6.47. The standard InChI is InChI=1S/C20H16F2N4O2/c21-18(22)10-27-17-7-4-11(8-12(17)9-23)20-25-19(26-28-20)15-3-1-2-14-13(15)5-6-16(14)24/h1-4,7-8,16,18H,5-6,10,24H2/t16-/m0/s1. The van der Waals surface area contributed by atoms with E-state index in [1.54, 1.807) is 6.07 Å². The highest BCUT2D eigenvalue weighted by atomic mass is 19.3. The Hall–Kier alpha value is -3.31. The van der Waals surface area contributed by atoms with Crippen molar-refractivity contribution in [3.63, 3.8) is 0 Å². The van der Waals surface area contributed by atoms with Gasteiger partial charge in [-0.3, -0.25) is 0 Å². The van der Waals surface area contributed by atoms with Crippen molar-refractivity contribution >= 4 is 0 Å². The predicted molar refractivity (Wildman–Crippen MR) is 96.6 cm³/mol. The van der Waals surface area contributed by atoms with Crippen molar-refractivity contribution in [1.82, 2.24) is 10.1 Å². The molecule has 0 radical (unpaired) electrons. The Morgan fingerprint density at radius 2 is 2.18 bits per heavy atom. The van der Waals surface area contributed by atoms with Crippen LogP contribution in [0, 0.1) is 11.3 Å². The number of halogens is 2. The van der Waals surface area contributed by atoms with Crippen LogP contribution in [0.25, 0.3) is 22.8 Å². The van der Waals surface area contributed by atoms with Crippen molar-refractivity contribution in [3.8, 4) is 34.7 Å². The van der Waals surface area contributed by atoms with E-state index in [2.05, 4.69) is 10.1 Å². The van der Waals surface area contributed by atoms with Gasteiger partial charge in [-0.05, 0) is 42.2 Å². The van der Waals surface area contributed by atoms with Gasteiger partial charge in [0.1, 0.15) is 18.4 Å². The number of hydrogen-bond acceptors (Lipinski definition) is 6. The van der Waals surface area contributed by atoms with Crippen molar-refractivity contribution in [1.29, 1.82) is 5.26 Å². The maximum Gasteiger partial charge on any atom is 0.272 e. The molecule has 1 aliphatic carbocycles. The van der Waals surface area contributed by atoms with Crippen LogP contribution < -0.4 is 10.5 Å². The molecule has 4 rings (SSSR count). The minimum atomic E-state index is -2.62. The Bertz CT molecular complexity index is 1060. The van der Waals surface area contributed by atoms with Crippen molar-refractivity contribution in [2.45, 2.75) is 25.3 Å². The number of nitriles is 1. The van der Waals surface area contributed by atoms with Crippen LogP contribution in [0.2, 0.25) is 0 Å². The van der Waals surface area contributed by atoms with Crippen molar-refractivity contribution in [2.24, 2.45) is 5.73 Å². The Kier molecular flexibility index (Phi) is 4.75. The predicted octanol–water partition coefficient (Wildman–Crippen LogP) is 3.87. The van der Waals surface area contributed by atoms with Gasteiger partial charge in [-0.25, -0.2) is 8.78 Å². The molecular formula is C20H16F2N4O2. The highest BCUT2D eigenvalue weighted by Crippen LogP contribution is 2.36. The molecule has 0 fully saturated rings. The van der Waals surface area contributed by atoms with Gasteiger partial charge in [0.05, 0.1) is 5.56 Å². The van der Waals surface area contributed by atoms with Crippen LogP contribution in [0.15, 0.2) is 40.9 Å². The second kappa shape index (κ2) is 7.37. The Balaban J connectivity index is 1.65. The van der Waals surface area contributed by atoms with Crippen LogP contribution in [-0.4, -0.2) is 23.2 Å². The molecule has 0 unspecified atom stereocenters. The van der Waals surface area contributed by atoms with Gasteiger partial charge >= 0.3 is 0 Å². The van der Waals surface area contributed by atoms with E-state index in [1.807, 2.05) is 24.3 Å². The lowest BCUT2D eigenvalue weighted by molar-refractivity contribution is 0.0818. The van der Waals surface area contributed by atoms with Crippen molar-refractivity contribution in [3.05, 3.63) is 53.1 Å². The number of benzene rings is 2. The topological polar surface area (TPSA) is 98.0 Å². The van der Waals surface area contributed by atoms with E-state index in [0.29, 0.717) is 11.4 Å². The van der Waals surface area contributed by atoms with Crippen LogP contribution in [0.4, 0.5) is 8.78 Å². The van der Waals surface area contributed by atoms with Crippen molar-refractivity contribution in [2.75, 3.05) is 6.61 Å². The molecule has 3 aromatic rings. The van der Waals surface area contributed by atoms with Gasteiger partial charge in [-0.1, -0.05) is 23.4 Å². The summed E-state index contributed by atoms with van der Waals surface area (Å²) in [5.74, 6) is 0.755. The average Bonchev–Trinajstić information content (AvgIpc) is 3.33. The summed E-state index contributed by atoms with van der Waals surface area (Å²) >= 11 is 0. The molecule has 0 spiro atoms. The summed E-state index contributed by atoms with van der Waals surface area (Å²) in [7, 11) is 0. The molecule has 8 heteroatoms. The zero-order valence-corrected chi connectivity index (χ0v) is 14.7. The van der Waals surface area contributed by atoms with Gasteiger partial charge in [0.2, 0.25) is 5.82 Å². The van der Waals surface area contributed by atoms with Gasteiger partial charge in [0, 0.05) is 17.2 Å². The molecule has 6 nitrogen and oxygen atoms in total. The lowest BCUT2D eigenvalue weighted by atomic mass is 10.0. The van der Waals surface area contributed by atoms with E-state index >= 15 is 0 Å². The number of nitrogens with zero attached hydrogens (tertiary/aromatic N) is 3. The maximum atomic E-state index is 12.3. The number of fused-ring (bicyclic) bond motifs is 1. The van der Waals surface area contributed by atoms with Crippen LogP contribution in [-0.2, 0) is 6.42 Å². The lowest BCUT2D eigenvalue weighted by Gasteiger charge is -2.07. The largest absolute Gasteiger partial charge is 0.486 e. The van der Waals surface area contributed by atoms with Crippen LogP contribution in [0.3, 0.4) is 0 Å². The Morgan fingerprint density at radius 1 is 1.32 bits per heavy atom. The monoisotopic (exact) mass is 382 g/mol. The molecule has 1 heterocycles. The summed E-state index contributed by atoms with van der Waals surface area (Å²) in [4.78, 5) is 4.44. The van der Waals surface area contributed by atoms with Crippen LogP contribution in [0.5, 0.6) is 5.75 Å². The fourth-order valence-corrected chi connectivity index (χ4v) is 3.38. The zero-order valence-electron chi connectivity index (χ0n) is 14.7. The van der Waals surface area contributed by atoms with Gasteiger partial charge in [0.15, 0.2) is 0 Å². The van der Waals surface area contributed by atoms with Crippen LogP contribution in [0.1, 0.15) is 29.2 Å². The van der Waals surface area contributed by atoms with Crippen molar-refractivity contribution < 1.29 is 18.0 Å². The van der Waals surface area contributed by atoms with Gasteiger partial charge < -0.3 is 15.0 Å². The summed E-state index contributed by atoms with van der Waals surface area (Å²) < 4.78 is 35.0. The molecule has 2 N–H and O–H groups in total. The third-order valence-electron chi connectivity index (χ3n) is 4.70. The number of ether oxygens (including phenoxy) is 1. The van der Waals surface area contributed by atoms with E-state index in [1.165, 1.54) is 12.1 Å². The summed E-state index contributed by atoms with van der Waals surface area (Å²) in [6.45, 7) is -0.778. The van der Waals surface area contributed by atoms with Crippen LogP contribution >= 0.6 is 0 Å². The molecular weight excluding hydrogens is 366 g/mol. The van der Waals surface area contributed by atoms with E-state index < -0.39 is 13.0 Å². The SMILES string of the molecule is N#Cc1cc(-c2nc(-c3cccc4c3CC[C@@H]4N)no2)ccc1OCC(F)F. The molecule has 2 aromatic carbocycles. The number of nitrogens with two attached hydrogens (primary N) is 1. The highest BCUT2D eigenvalue weighted by molar-refractivity contribution is 5.67. The molecule has 0 saturated heterocycles. The second-order valence-corrected chi connectivity index (χ2v) is 6.47. The quantitative estimate of drug-likeness (QED) is 0.719. The number of hydrogen-bond donors (Lipinski definition) is 1. The molecule has 28 heavy (non-hydrogen) atoms. The summed E-state index contributed by atoms with van der Waals surface area (Å²) in [5, 5.41) is 13.3. The first kappa shape index (κ1) is 18.1. The average molecular weight is 382 g/mol. The molecule has 1 atom stereocenters.